The van der Waals surface area contributed by atoms with Crippen LogP contribution in [0.2, 0.25) is 0 Å². The van der Waals surface area contributed by atoms with Crippen molar-refractivity contribution >= 4 is 28.0 Å². The lowest BCUT2D eigenvalue weighted by molar-refractivity contribution is 0.0748. The Morgan fingerprint density at radius 1 is 1.36 bits per heavy atom. The molecule has 0 aromatic carbocycles. The Morgan fingerprint density at radius 3 is 2.96 bits per heavy atom. The average Bonchev–Trinajstić information content (AvgIpc) is 3.23. The fourth-order valence-electron chi connectivity index (χ4n) is 3.37. The number of rotatable bonds is 5. The molecule has 2 aromatic heterocycles. The maximum absolute atomic E-state index is 12.8. The summed E-state index contributed by atoms with van der Waals surface area (Å²) in [5.74, 6) is 0.561. The predicted octanol–water partition coefficient (Wildman–Crippen LogP) is 2.57. The Morgan fingerprint density at radius 2 is 2.24 bits per heavy atom. The Bertz CT molecular complexity index is 808. The number of hydrogen-bond acceptors (Lipinski definition) is 5. The van der Waals surface area contributed by atoms with Gasteiger partial charge in [-0.05, 0) is 31.6 Å². The first-order valence-corrected chi connectivity index (χ1v) is 9.71. The Hall–Kier alpha value is -1.93. The molecule has 1 aliphatic carbocycles. The fourth-order valence-corrected chi connectivity index (χ4v) is 4.04. The number of carbonyl (C=O) groups excluding carboxylic acids is 1. The van der Waals surface area contributed by atoms with Gasteiger partial charge < -0.3 is 15.0 Å². The van der Waals surface area contributed by atoms with Gasteiger partial charge in [0.1, 0.15) is 5.69 Å². The van der Waals surface area contributed by atoms with E-state index in [9.17, 15) is 9.59 Å². The maximum Gasteiger partial charge on any atom is 0.322 e. The smallest absolute Gasteiger partial charge is 0.322 e. The zero-order valence-corrected chi connectivity index (χ0v) is 14.8. The standard InChI is InChI=1S/C17H22N4O3S/c22-15-14(9-18-17-21(15)6-8-25-17)19-16(23)20(10-12-3-1-4-12)11-13-5-2-7-24-13/h6,8-9,12-13H,1-5,7,10-11H2,(H,19,23). The molecule has 25 heavy (non-hydrogen) atoms. The minimum absolute atomic E-state index is 0.101. The number of nitrogens with zero attached hydrogens (tertiary/aromatic N) is 3. The van der Waals surface area contributed by atoms with Gasteiger partial charge in [0.15, 0.2) is 4.96 Å². The molecular formula is C17H22N4O3S. The van der Waals surface area contributed by atoms with Gasteiger partial charge in [-0.15, -0.1) is 11.3 Å². The van der Waals surface area contributed by atoms with Crippen LogP contribution in [0.3, 0.4) is 0 Å². The van der Waals surface area contributed by atoms with E-state index in [1.807, 2.05) is 4.90 Å². The lowest BCUT2D eigenvalue weighted by Crippen LogP contribution is -2.44. The van der Waals surface area contributed by atoms with E-state index in [1.54, 1.807) is 11.6 Å². The molecule has 0 bridgehead atoms. The molecule has 2 amide bonds. The number of ether oxygens (including phenoxy) is 1. The first kappa shape index (κ1) is 16.5. The van der Waals surface area contributed by atoms with E-state index in [2.05, 4.69) is 10.3 Å². The second kappa shape index (κ2) is 7.13. The van der Waals surface area contributed by atoms with Gasteiger partial charge in [0, 0.05) is 31.3 Å². The molecule has 1 unspecified atom stereocenters. The molecule has 7 nitrogen and oxygen atoms in total. The fraction of sp³-hybridized carbons (Fsp3) is 0.588. The third kappa shape index (κ3) is 3.55. The van der Waals surface area contributed by atoms with Crippen LogP contribution < -0.4 is 10.9 Å². The highest BCUT2D eigenvalue weighted by Crippen LogP contribution is 2.28. The van der Waals surface area contributed by atoms with Crippen molar-refractivity contribution in [3.05, 3.63) is 28.1 Å². The van der Waals surface area contributed by atoms with Crippen LogP contribution in [0.15, 0.2) is 22.6 Å². The first-order valence-electron chi connectivity index (χ1n) is 8.83. The largest absolute Gasteiger partial charge is 0.376 e. The second-order valence-electron chi connectivity index (χ2n) is 6.80. The molecule has 1 saturated carbocycles. The molecule has 2 fully saturated rings. The lowest BCUT2D eigenvalue weighted by atomic mass is 9.85. The topological polar surface area (TPSA) is 75.9 Å². The highest BCUT2D eigenvalue weighted by molar-refractivity contribution is 7.15. The van der Waals surface area contributed by atoms with Gasteiger partial charge in [-0.1, -0.05) is 6.42 Å². The van der Waals surface area contributed by atoms with Crippen molar-refractivity contribution in [3.8, 4) is 0 Å². The van der Waals surface area contributed by atoms with Crippen LogP contribution in [0.1, 0.15) is 32.1 Å². The molecule has 1 N–H and O–H groups in total. The normalized spacial score (nSPS) is 20.6. The minimum atomic E-state index is -0.250. The van der Waals surface area contributed by atoms with Gasteiger partial charge in [0.2, 0.25) is 0 Å². The monoisotopic (exact) mass is 362 g/mol. The van der Waals surface area contributed by atoms with Gasteiger partial charge in [-0.3, -0.25) is 9.20 Å². The number of carbonyl (C=O) groups is 1. The molecular weight excluding hydrogens is 340 g/mol. The van der Waals surface area contributed by atoms with Crippen molar-refractivity contribution in [2.75, 3.05) is 25.0 Å². The molecule has 134 valence electrons. The second-order valence-corrected chi connectivity index (χ2v) is 7.67. The number of anilines is 1. The number of hydrogen-bond donors (Lipinski definition) is 1. The summed E-state index contributed by atoms with van der Waals surface area (Å²) in [6.07, 6.45) is 8.82. The Labute approximate surface area is 149 Å². The zero-order valence-electron chi connectivity index (χ0n) is 14.0. The summed E-state index contributed by atoms with van der Waals surface area (Å²) in [5, 5.41) is 4.56. The number of urea groups is 1. The van der Waals surface area contributed by atoms with Crippen LogP contribution in [-0.4, -0.2) is 46.1 Å². The van der Waals surface area contributed by atoms with E-state index in [4.69, 9.17) is 4.74 Å². The summed E-state index contributed by atoms with van der Waals surface area (Å²) in [6, 6.07) is -0.239. The Balaban J connectivity index is 1.49. The van der Waals surface area contributed by atoms with E-state index in [-0.39, 0.29) is 23.4 Å². The highest BCUT2D eigenvalue weighted by atomic mass is 32.1. The molecule has 1 atom stereocenters. The molecule has 4 rings (SSSR count). The number of amides is 2. The molecule has 3 heterocycles. The highest BCUT2D eigenvalue weighted by Gasteiger charge is 2.28. The minimum Gasteiger partial charge on any atom is -0.376 e. The van der Waals surface area contributed by atoms with E-state index in [1.165, 1.54) is 41.2 Å². The van der Waals surface area contributed by atoms with Crippen molar-refractivity contribution < 1.29 is 9.53 Å². The maximum atomic E-state index is 12.8. The van der Waals surface area contributed by atoms with Crippen LogP contribution in [0.25, 0.3) is 4.96 Å². The van der Waals surface area contributed by atoms with Gasteiger partial charge in [-0.2, -0.15) is 0 Å². The van der Waals surface area contributed by atoms with Crippen molar-refractivity contribution in [1.29, 1.82) is 0 Å². The van der Waals surface area contributed by atoms with Crippen molar-refractivity contribution in [2.24, 2.45) is 5.92 Å². The van der Waals surface area contributed by atoms with E-state index in [0.29, 0.717) is 17.4 Å². The summed E-state index contributed by atoms with van der Waals surface area (Å²) in [7, 11) is 0. The van der Waals surface area contributed by atoms with E-state index >= 15 is 0 Å². The van der Waals surface area contributed by atoms with Gasteiger partial charge in [-0.25, -0.2) is 9.78 Å². The van der Waals surface area contributed by atoms with Crippen LogP contribution in [0, 0.1) is 5.92 Å². The molecule has 1 saturated heterocycles. The summed E-state index contributed by atoms with van der Waals surface area (Å²) in [5.41, 5.74) is -0.0350. The van der Waals surface area contributed by atoms with E-state index in [0.717, 1.165) is 26.0 Å². The van der Waals surface area contributed by atoms with Crippen molar-refractivity contribution in [3.63, 3.8) is 0 Å². The summed E-state index contributed by atoms with van der Waals surface area (Å²) < 4.78 is 7.14. The zero-order chi connectivity index (χ0) is 17.2. The van der Waals surface area contributed by atoms with Gasteiger partial charge >= 0.3 is 6.03 Å². The SMILES string of the molecule is O=C(Nc1cnc2sccn2c1=O)N(CC1CCC1)CC1CCCO1. The number of nitrogens with one attached hydrogen (secondary N) is 1. The van der Waals surface area contributed by atoms with Gasteiger partial charge in [0.05, 0.1) is 12.3 Å². The molecule has 2 aliphatic rings. The number of aromatic nitrogens is 2. The Kier molecular flexibility index (Phi) is 4.72. The van der Waals surface area contributed by atoms with Crippen LogP contribution >= 0.6 is 11.3 Å². The number of fused-ring (bicyclic) bond motifs is 1. The van der Waals surface area contributed by atoms with Crippen LogP contribution in [0.4, 0.5) is 10.5 Å². The summed E-state index contributed by atoms with van der Waals surface area (Å²) in [6.45, 7) is 2.07. The predicted molar refractivity (Wildman–Crippen MR) is 96.2 cm³/mol. The number of thiazole rings is 1. The first-order chi connectivity index (χ1) is 12.2. The van der Waals surface area contributed by atoms with Crippen LogP contribution in [-0.2, 0) is 4.74 Å². The van der Waals surface area contributed by atoms with Crippen molar-refractivity contribution in [2.45, 2.75) is 38.2 Å². The lowest BCUT2D eigenvalue weighted by Gasteiger charge is -2.33. The summed E-state index contributed by atoms with van der Waals surface area (Å²) in [4.78, 5) is 31.9. The molecule has 2 aromatic rings. The van der Waals surface area contributed by atoms with E-state index < -0.39 is 0 Å². The average molecular weight is 362 g/mol. The van der Waals surface area contributed by atoms with Crippen molar-refractivity contribution in [1.82, 2.24) is 14.3 Å². The third-order valence-electron chi connectivity index (χ3n) is 5.02. The van der Waals surface area contributed by atoms with Gasteiger partial charge in [0.25, 0.3) is 5.56 Å². The third-order valence-corrected chi connectivity index (χ3v) is 5.79. The quantitative estimate of drug-likeness (QED) is 0.887. The summed E-state index contributed by atoms with van der Waals surface area (Å²) >= 11 is 1.39. The molecule has 0 radical (unpaired) electrons. The molecule has 1 aliphatic heterocycles. The van der Waals surface area contributed by atoms with Crippen LogP contribution in [0.5, 0.6) is 0 Å². The molecule has 8 heteroatoms. The molecule has 0 spiro atoms.